The van der Waals surface area contributed by atoms with Crippen LogP contribution in [0.5, 0.6) is 11.5 Å². The van der Waals surface area contributed by atoms with Gasteiger partial charge in [-0.1, -0.05) is 12.1 Å². The van der Waals surface area contributed by atoms with Gasteiger partial charge in [0.15, 0.2) is 24.1 Å². The molecule has 13 heteroatoms. The molecule has 1 aliphatic heterocycles. The molecule has 1 saturated heterocycles. The molecule has 0 bridgehead atoms. The monoisotopic (exact) mass is 643 g/mol. The van der Waals surface area contributed by atoms with E-state index in [0.29, 0.717) is 0 Å². The lowest BCUT2D eigenvalue weighted by Crippen LogP contribution is -2.55. The number of phenolic OH excluding ortho intramolecular Hbond substituents is 2. The maximum Gasteiger partial charge on any atom is 0.201 e. The van der Waals surface area contributed by atoms with E-state index in [-0.39, 0.29) is 65.7 Å². The van der Waals surface area contributed by atoms with Gasteiger partial charge in [0.2, 0.25) is 5.78 Å². The van der Waals surface area contributed by atoms with Crippen molar-refractivity contribution in [1.29, 1.82) is 0 Å². The Morgan fingerprint density at radius 3 is 2.50 bits per heavy atom. The van der Waals surface area contributed by atoms with Crippen molar-refractivity contribution < 1.29 is 58.9 Å². The number of phenols is 2. The van der Waals surface area contributed by atoms with Gasteiger partial charge >= 0.3 is 0 Å². The van der Waals surface area contributed by atoms with Gasteiger partial charge in [0.05, 0.1) is 42.1 Å². The first-order valence-corrected chi connectivity index (χ1v) is 15.3. The van der Waals surface area contributed by atoms with Crippen molar-refractivity contribution in [1.82, 2.24) is 0 Å². The molecule has 2 aromatic rings. The molecule has 0 saturated carbocycles. The highest BCUT2D eigenvalue weighted by atomic mass is 16.7. The number of aliphatic hydroxyl groups excluding tert-OH is 2. The molecule has 9 unspecified atom stereocenters. The Hall–Kier alpha value is -3.27. The number of hydrogen-bond donors (Lipinski definition) is 6. The van der Waals surface area contributed by atoms with Crippen LogP contribution in [-0.2, 0) is 30.2 Å². The fourth-order valence-electron chi connectivity index (χ4n) is 6.53. The van der Waals surface area contributed by atoms with Crippen LogP contribution in [0.25, 0.3) is 0 Å². The number of rotatable bonds is 10. The van der Waals surface area contributed by atoms with Crippen LogP contribution in [0.4, 0.5) is 0 Å². The number of carbonyl (C=O) groups excluding carboxylic acids is 3. The second-order valence-electron chi connectivity index (χ2n) is 12.6. The van der Waals surface area contributed by atoms with Crippen molar-refractivity contribution in [2.45, 2.75) is 108 Å². The minimum Gasteiger partial charge on any atom is -0.507 e. The Labute approximate surface area is 265 Å². The molecule has 3 aliphatic rings. The van der Waals surface area contributed by atoms with Crippen LogP contribution in [-0.4, -0.2) is 98.1 Å². The van der Waals surface area contributed by atoms with Crippen LogP contribution in [0.15, 0.2) is 24.3 Å². The molecular weight excluding hydrogens is 602 g/mol. The largest absolute Gasteiger partial charge is 0.507 e. The smallest absolute Gasteiger partial charge is 0.201 e. The van der Waals surface area contributed by atoms with Crippen molar-refractivity contribution in [3.63, 3.8) is 0 Å². The molecule has 13 nitrogen and oxygen atoms in total. The average Bonchev–Trinajstić information content (AvgIpc) is 2.96. The van der Waals surface area contributed by atoms with Gasteiger partial charge < -0.3 is 50.2 Å². The third kappa shape index (κ3) is 6.34. The number of nitrogens with two attached hydrogens (primary N) is 1. The van der Waals surface area contributed by atoms with E-state index in [9.17, 15) is 39.9 Å². The zero-order valence-corrected chi connectivity index (χ0v) is 26.1. The molecule has 5 rings (SSSR count). The van der Waals surface area contributed by atoms with Crippen molar-refractivity contribution in [2.75, 3.05) is 6.61 Å². The fourth-order valence-corrected chi connectivity index (χ4v) is 6.53. The number of fused-ring (bicyclic) bond motifs is 3. The first-order chi connectivity index (χ1) is 21.6. The third-order valence-corrected chi connectivity index (χ3v) is 8.91. The SMILES string of the molecule is CC(=O)C1(O)Cc2cc3c(c(O)c2C(OC2CC(N)C(OC(CC(C)O)OC(C)CO)C(C)O2)C1)C(=O)c1c(O)cccc1C3=O. The number of benzene rings is 2. The van der Waals surface area contributed by atoms with Gasteiger partial charge in [0.1, 0.15) is 23.2 Å². The van der Waals surface area contributed by atoms with Gasteiger partial charge in [-0.2, -0.15) is 0 Å². The van der Waals surface area contributed by atoms with Crippen LogP contribution in [0.3, 0.4) is 0 Å². The molecule has 0 aromatic heterocycles. The minimum absolute atomic E-state index is 0.0236. The number of ether oxygens (including phenoxy) is 4. The maximum absolute atomic E-state index is 13.6. The van der Waals surface area contributed by atoms with Crippen molar-refractivity contribution in [3.8, 4) is 11.5 Å². The standard InChI is InChI=1S/C33H41NO12/c1-14(36)8-24(43-15(2)13-35)46-32-16(3)44-25(10-21(32)34)45-23-12-33(42,17(4)37)11-18-9-20-28(30(40)26(18)23)31(41)27-19(29(20)39)6-5-7-22(27)38/h5-7,9,14-16,21,23-25,32,35-36,38,40,42H,8,10-13,34H2,1-4H3. The minimum atomic E-state index is -1.90. The van der Waals surface area contributed by atoms with Crippen molar-refractivity contribution in [2.24, 2.45) is 5.73 Å². The predicted molar refractivity (Wildman–Crippen MR) is 160 cm³/mol. The summed E-state index contributed by atoms with van der Waals surface area (Å²) in [5, 5.41) is 52.7. The Kier molecular flexibility index (Phi) is 9.69. The van der Waals surface area contributed by atoms with Crippen molar-refractivity contribution in [3.05, 3.63) is 57.6 Å². The average molecular weight is 644 g/mol. The van der Waals surface area contributed by atoms with Crippen LogP contribution in [0.1, 0.15) is 96.0 Å². The lowest BCUT2D eigenvalue weighted by atomic mass is 9.72. The Morgan fingerprint density at radius 1 is 1.15 bits per heavy atom. The summed E-state index contributed by atoms with van der Waals surface area (Å²) >= 11 is 0. The van der Waals surface area contributed by atoms with Gasteiger partial charge in [-0.05, 0) is 45.4 Å². The third-order valence-electron chi connectivity index (χ3n) is 8.91. The second-order valence-corrected chi connectivity index (χ2v) is 12.6. The lowest BCUT2D eigenvalue weighted by Gasteiger charge is -2.43. The highest BCUT2D eigenvalue weighted by molar-refractivity contribution is 6.30. The van der Waals surface area contributed by atoms with Gasteiger partial charge in [0.25, 0.3) is 0 Å². The summed E-state index contributed by atoms with van der Waals surface area (Å²) in [6.07, 6.45) is -6.02. The molecule has 1 heterocycles. The molecule has 1 fully saturated rings. The fraction of sp³-hybridized carbons (Fsp3) is 0.545. The molecule has 2 aliphatic carbocycles. The summed E-state index contributed by atoms with van der Waals surface area (Å²) in [5.74, 6) is -2.84. The quantitative estimate of drug-likeness (QED) is 0.173. The van der Waals surface area contributed by atoms with E-state index in [1.165, 1.54) is 31.2 Å². The number of carbonyl (C=O) groups is 3. The molecule has 0 spiro atoms. The number of Topliss-reactive ketones (excluding diaryl/α,β-unsaturated/α-hetero) is 1. The highest BCUT2D eigenvalue weighted by Gasteiger charge is 2.48. The Morgan fingerprint density at radius 2 is 1.87 bits per heavy atom. The first kappa shape index (κ1) is 34.1. The van der Waals surface area contributed by atoms with E-state index in [4.69, 9.17) is 24.7 Å². The number of aromatic hydroxyl groups is 2. The summed E-state index contributed by atoms with van der Waals surface area (Å²) < 4.78 is 24.2. The molecular formula is C33H41NO12. The van der Waals surface area contributed by atoms with Gasteiger partial charge in [-0.25, -0.2) is 0 Å². The molecule has 7 N–H and O–H groups in total. The van der Waals surface area contributed by atoms with Gasteiger partial charge in [-0.3, -0.25) is 14.4 Å². The van der Waals surface area contributed by atoms with Crippen LogP contribution < -0.4 is 5.73 Å². The molecule has 9 atom stereocenters. The van der Waals surface area contributed by atoms with Crippen LogP contribution >= 0.6 is 0 Å². The normalized spacial score (nSPS) is 29.3. The summed E-state index contributed by atoms with van der Waals surface area (Å²) in [7, 11) is 0. The first-order valence-electron chi connectivity index (χ1n) is 15.3. The van der Waals surface area contributed by atoms with E-state index >= 15 is 0 Å². The number of aliphatic hydroxyl groups is 3. The summed E-state index contributed by atoms with van der Waals surface area (Å²) in [6.45, 7) is 5.92. The Balaban J connectivity index is 1.44. The van der Waals surface area contributed by atoms with E-state index < -0.39 is 83.6 Å². The molecule has 0 radical (unpaired) electrons. The highest BCUT2D eigenvalue weighted by Crippen LogP contribution is 2.48. The summed E-state index contributed by atoms with van der Waals surface area (Å²) in [5.41, 5.74) is 4.31. The van der Waals surface area contributed by atoms with E-state index in [2.05, 4.69) is 0 Å². The summed E-state index contributed by atoms with van der Waals surface area (Å²) in [4.78, 5) is 39.7. The zero-order valence-electron chi connectivity index (χ0n) is 26.1. The van der Waals surface area contributed by atoms with E-state index in [0.717, 1.165) is 0 Å². The van der Waals surface area contributed by atoms with Crippen LogP contribution in [0.2, 0.25) is 0 Å². The van der Waals surface area contributed by atoms with E-state index in [1.807, 2.05) is 0 Å². The molecule has 46 heavy (non-hydrogen) atoms. The molecule has 2 aromatic carbocycles. The lowest BCUT2D eigenvalue weighted by molar-refractivity contribution is -0.285. The topological polar surface area (TPSA) is 215 Å². The van der Waals surface area contributed by atoms with Gasteiger partial charge in [0, 0.05) is 48.4 Å². The van der Waals surface area contributed by atoms with Crippen molar-refractivity contribution >= 4 is 17.3 Å². The zero-order chi connectivity index (χ0) is 33.7. The molecule has 250 valence electrons. The molecule has 0 amide bonds. The number of ketones is 3. The number of hydrogen-bond acceptors (Lipinski definition) is 13. The van der Waals surface area contributed by atoms with E-state index in [1.54, 1.807) is 20.8 Å². The second kappa shape index (κ2) is 13.1. The Bertz CT molecular complexity index is 1510. The van der Waals surface area contributed by atoms with Crippen LogP contribution in [0, 0.1) is 0 Å². The summed E-state index contributed by atoms with van der Waals surface area (Å²) in [6, 6.07) is 4.83. The predicted octanol–water partition coefficient (Wildman–Crippen LogP) is 1.54. The van der Waals surface area contributed by atoms with Gasteiger partial charge in [-0.15, -0.1) is 0 Å². The maximum atomic E-state index is 13.6.